The van der Waals surface area contributed by atoms with Crippen molar-refractivity contribution in [1.29, 1.82) is 0 Å². The van der Waals surface area contributed by atoms with Crippen LogP contribution in [-0.2, 0) is 0 Å². The first kappa shape index (κ1) is 13.5. The van der Waals surface area contributed by atoms with Crippen molar-refractivity contribution in [1.82, 2.24) is 9.97 Å². The van der Waals surface area contributed by atoms with Crippen LogP contribution >= 0.6 is 0 Å². The molecule has 2 aliphatic rings. The number of nitrogens with one attached hydrogen (secondary N) is 1. The molecule has 0 aromatic carbocycles. The third kappa shape index (κ3) is 2.19. The van der Waals surface area contributed by atoms with Crippen LogP contribution < -0.4 is 16.2 Å². The van der Waals surface area contributed by atoms with Crippen molar-refractivity contribution in [3.05, 3.63) is 22.7 Å². The average molecular weight is 284 g/mol. The Kier molecular flexibility index (Phi) is 3.04. The summed E-state index contributed by atoms with van der Waals surface area (Å²) in [6, 6.07) is -0.457. The molecule has 0 amide bonds. The molecule has 0 unspecified atom stereocenters. The van der Waals surface area contributed by atoms with E-state index >= 15 is 0 Å². The summed E-state index contributed by atoms with van der Waals surface area (Å²) in [4.78, 5) is 20.2. The van der Waals surface area contributed by atoms with E-state index in [2.05, 4.69) is 9.97 Å². The number of halogens is 2. The maximum atomic E-state index is 13.5. The largest absolute Gasteiger partial charge is 0.352 e. The molecule has 1 saturated heterocycles. The second kappa shape index (κ2) is 4.51. The molecule has 1 aliphatic heterocycles. The molecule has 3 N–H and O–H groups in total. The summed E-state index contributed by atoms with van der Waals surface area (Å²) in [5.74, 6) is -2.29. The Morgan fingerprint density at radius 2 is 2.10 bits per heavy atom. The maximum Gasteiger partial charge on any atom is 0.290 e. The molecular weight excluding hydrogens is 266 g/mol. The quantitative estimate of drug-likeness (QED) is 0.810. The van der Waals surface area contributed by atoms with Gasteiger partial charge in [0.2, 0.25) is 5.92 Å². The van der Waals surface area contributed by atoms with Gasteiger partial charge in [-0.05, 0) is 18.3 Å². The first-order valence-electron chi connectivity index (χ1n) is 6.84. The minimum Gasteiger partial charge on any atom is -0.352 e. The minimum absolute atomic E-state index is 0.131. The zero-order chi connectivity index (χ0) is 14.4. The Morgan fingerprint density at radius 1 is 1.40 bits per heavy atom. The van der Waals surface area contributed by atoms with Gasteiger partial charge in [-0.2, -0.15) is 0 Å². The van der Waals surface area contributed by atoms with Gasteiger partial charge in [0.25, 0.3) is 5.56 Å². The van der Waals surface area contributed by atoms with E-state index in [4.69, 9.17) is 5.73 Å². The highest BCUT2D eigenvalue weighted by molar-refractivity contribution is 5.36. The summed E-state index contributed by atoms with van der Waals surface area (Å²) in [6.45, 7) is 1.09. The number of alkyl halides is 2. The number of nitrogens with zero attached hydrogens (tertiary/aromatic N) is 2. The van der Waals surface area contributed by atoms with Crippen molar-refractivity contribution in [2.75, 3.05) is 18.0 Å². The number of aromatic amines is 1. The van der Waals surface area contributed by atoms with E-state index in [1.807, 2.05) is 4.90 Å². The van der Waals surface area contributed by atoms with Gasteiger partial charge in [0.1, 0.15) is 0 Å². The van der Waals surface area contributed by atoms with Gasteiger partial charge < -0.3 is 15.6 Å². The van der Waals surface area contributed by atoms with E-state index in [1.54, 1.807) is 0 Å². The molecular formula is C13H18F2N4O. The smallest absolute Gasteiger partial charge is 0.290 e. The predicted octanol–water partition coefficient (Wildman–Crippen LogP) is 1.11. The fourth-order valence-electron chi connectivity index (χ4n) is 3.54. The van der Waals surface area contributed by atoms with Crippen LogP contribution in [0.4, 0.5) is 14.6 Å². The first-order chi connectivity index (χ1) is 9.42. The Labute approximate surface area is 115 Å². The molecule has 1 aromatic rings. The lowest BCUT2D eigenvalue weighted by Crippen LogP contribution is -2.48. The highest BCUT2D eigenvalue weighted by Crippen LogP contribution is 2.52. The number of nitrogens with two attached hydrogens (primary N) is 1. The third-order valence-corrected chi connectivity index (χ3v) is 4.66. The number of anilines is 1. The SMILES string of the molecule is N[C@@H]1CC(F)(F)CC12CCN(c1ncc[nH]c1=O)CC2. The highest BCUT2D eigenvalue weighted by atomic mass is 19.3. The van der Waals surface area contributed by atoms with Crippen LogP contribution in [0, 0.1) is 5.41 Å². The molecule has 3 rings (SSSR count). The van der Waals surface area contributed by atoms with E-state index in [0.717, 1.165) is 0 Å². The van der Waals surface area contributed by atoms with Crippen molar-refractivity contribution in [3.63, 3.8) is 0 Å². The number of hydrogen-bond donors (Lipinski definition) is 2. The van der Waals surface area contributed by atoms with Gasteiger partial charge in [0.05, 0.1) is 0 Å². The maximum absolute atomic E-state index is 13.5. The molecule has 1 aromatic heterocycles. The Balaban J connectivity index is 1.75. The Hall–Kier alpha value is -1.50. The third-order valence-electron chi connectivity index (χ3n) is 4.66. The molecule has 1 atom stereocenters. The lowest BCUT2D eigenvalue weighted by atomic mass is 9.74. The second-order valence-corrected chi connectivity index (χ2v) is 5.93. The highest BCUT2D eigenvalue weighted by Gasteiger charge is 2.55. The minimum atomic E-state index is -2.65. The molecule has 110 valence electrons. The van der Waals surface area contributed by atoms with Gasteiger partial charge in [0.15, 0.2) is 5.82 Å². The number of H-pyrrole nitrogens is 1. The normalized spacial score (nSPS) is 27.9. The van der Waals surface area contributed by atoms with Gasteiger partial charge in [-0.1, -0.05) is 0 Å². The van der Waals surface area contributed by atoms with Crippen molar-refractivity contribution in [2.45, 2.75) is 37.6 Å². The van der Waals surface area contributed by atoms with Gasteiger partial charge in [0, 0.05) is 44.4 Å². The van der Waals surface area contributed by atoms with E-state index in [-0.39, 0.29) is 18.4 Å². The summed E-state index contributed by atoms with van der Waals surface area (Å²) in [5, 5.41) is 0. The summed E-state index contributed by atoms with van der Waals surface area (Å²) in [5.41, 5.74) is 5.22. The summed E-state index contributed by atoms with van der Waals surface area (Å²) in [7, 11) is 0. The van der Waals surface area contributed by atoms with Crippen LogP contribution in [0.1, 0.15) is 25.7 Å². The van der Waals surface area contributed by atoms with Gasteiger partial charge in [-0.15, -0.1) is 0 Å². The van der Waals surface area contributed by atoms with Crippen LogP contribution in [0.25, 0.3) is 0 Å². The molecule has 5 nitrogen and oxygen atoms in total. The number of hydrogen-bond acceptors (Lipinski definition) is 4. The molecule has 20 heavy (non-hydrogen) atoms. The first-order valence-corrected chi connectivity index (χ1v) is 6.84. The molecule has 2 fully saturated rings. The number of rotatable bonds is 1. The zero-order valence-electron chi connectivity index (χ0n) is 11.1. The van der Waals surface area contributed by atoms with Gasteiger partial charge in [-0.25, -0.2) is 13.8 Å². The zero-order valence-corrected chi connectivity index (χ0v) is 11.1. The molecule has 2 heterocycles. The average Bonchev–Trinajstić information content (AvgIpc) is 2.61. The van der Waals surface area contributed by atoms with E-state index < -0.39 is 17.4 Å². The monoisotopic (exact) mass is 284 g/mol. The fourth-order valence-corrected chi connectivity index (χ4v) is 3.54. The van der Waals surface area contributed by atoms with Gasteiger partial charge >= 0.3 is 0 Å². The molecule has 1 saturated carbocycles. The Bertz CT molecular complexity index is 551. The van der Waals surface area contributed by atoms with Crippen LogP contribution in [-0.4, -0.2) is 35.0 Å². The number of piperidine rings is 1. The van der Waals surface area contributed by atoms with E-state index in [1.165, 1.54) is 12.4 Å². The van der Waals surface area contributed by atoms with Crippen molar-refractivity contribution >= 4 is 5.82 Å². The number of aromatic nitrogens is 2. The lowest BCUT2D eigenvalue weighted by Gasteiger charge is -2.41. The fraction of sp³-hybridized carbons (Fsp3) is 0.692. The molecule has 1 spiro atoms. The standard InChI is InChI=1S/C13H18F2N4O/c14-13(15)7-9(16)12(8-13)1-5-19(6-2-12)10-11(20)18-4-3-17-10/h3-4,9H,1-2,5-8,16H2,(H,18,20)/t9-/m1/s1. The summed E-state index contributed by atoms with van der Waals surface area (Å²) in [6.07, 6.45) is 3.81. The van der Waals surface area contributed by atoms with Crippen molar-refractivity contribution in [2.24, 2.45) is 11.1 Å². The summed E-state index contributed by atoms with van der Waals surface area (Å²) >= 11 is 0. The molecule has 7 heteroatoms. The van der Waals surface area contributed by atoms with E-state index in [0.29, 0.717) is 31.7 Å². The van der Waals surface area contributed by atoms with Crippen molar-refractivity contribution < 1.29 is 8.78 Å². The molecule has 0 radical (unpaired) electrons. The van der Waals surface area contributed by atoms with Crippen LogP contribution in [0.15, 0.2) is 17.2 Å². The Morgan fingerprint density at radius 3 is 2.65 bits per heavy atom. The van der Waals surface area contributed by atoms with Crippen molar-refractivity contribution in [3.8, 4) is 0 Å². The van der Waals surface area contributed by atoms with Gasteiger partial charge in [-0.3, -0.25) is 4.79 Å². The van der Waals surface area contributed by atoms with Crippen LogP contribution in [0.5, 0.6) is 0 Å². The topological polar surface area (TPSA) is 75.0 Å². The van der Waals surface area contributed by atoms with Crippen LogP contribution in [0.2, 0.25) is 0 Å². The van der Waals surface area contributed by atoms with E-state index in [9.17, 15) is 13.6 Å². The molecule has 1 aliphatic carbocycles. The van der Waals surface area contributed by atoms with Crippen LogP contribution in [0.3, 0.4) is 0 Å². The molecule has 0 bridgehead atoms. The summed E-state index contributed by atoms with van der Waals surface area (Å²) < 4.78 is 27.1. The predicted molar refractivity (Wildman–Crippen MR) is 70.9 cm³/mol. The lowest BCUT2D eigenvalue weighted by molar-refractivity contribution is -0.00684. The second-order valence-electron chi connectivity index (χ2n) is 5.93.